The molecule has 1 saturated heterocycles. The largest absolute Gasteiger partial charge is 0.497 e. The molecule has 1 amide bonds. The molecule has 22 heavy (non-hydrogen) atoms. The summed E-state index contributed by atoms with van der Waals surface area (Å²) >= 11 is 1.49. The Morgan fingerprint density at radius 2 is 2.14 bits per heavy atom. The highest BCUT2D eigenvalue weighted by molar-refractivity contribution is 8.18. The molecule has 0 saturated carbocycles. The van der Waals surface area contributed by atoms with Crippen LogP contribution in [0.25, 0.3) is 6.08 Å². The molecule has 1 aromatic carbocycles. The fourth-order valence-corrected chi connectivity index (χ4v) is 3.70. The number of aliphatic imine (C=N–C) groups is 1. The highest BCUT2D eigenvalue weighted by Gasteiger charge is 2.28. The molecule has 0 aromatic heterocycles. The molecular formula is C17H20N2O2S. The SMILES string of the molecule is COc1ccc(/C=C2\SC(N3CCC[C@@H](C)C3)=NC2=O)cc1. The maximum Gasteiger partial charge on any atom is 0.286 e. The number of thioether (sulfide) groups is 1. The van der Waals surface area contributed by atoms with Crippen molar-refractivity contribution in [3.8, 4) is 5.75 Å². The maximum atomic E-state index is 12.1. The number of rotatable bonds is 2. The number of benzene rings is 1. The quantitative estimate of drug-likeness (QED) is 0.784. The monoisotopic (exact) mass is 316 g/mol. The Bertz CT molecular complexity index is 622. The molecule has 0 bridgehead atoms. The number of carbonyl (C=O) groups is 1. The lowest BCUT2D eigenvalue weighted by Gasteiger charge is -2.31. The topological polar surface area (TPSA) is 41.9 Å². The third kappa shape index (κ3) is 3.35. The van der Waals surface area contributed by atoms with Gasteiger partial charge in [-0.05, 0) is 54.3 Å². The van der Waals surface area contributed by atoms with Gasteiger partial charge < -0.3 is 9.64 Å². The minimum absolute atomic E-state index is 0.131. The van der Waals surface area contributed by atoms with Gasteiger partial charge in [-0.1, -0.05) is 19.1 Å². The molecule has 0 N–H and O–H groups in total. The molecule has 0 radical (unpaired) electrons. The molecule has 116 valence electrons. The summed E-state index contributed by atoms with van der Waals surface area (Å²) in [6.45, 7) is 4.25. The number of likely N-dealkylation sites (tertiary alicyclic amines) is 1. The zero-order chi connectivity index (χ0) is 15.5. The number of amidine groups is 1. The van der Waals surface area contributed by atoms with Crippen molar-refractivity contribution in [2.75, 3.05) is 20.2 Å². The van der Waals surface area contributed by atoms with E-state index in [9.17, 15) is 4.79 Å². The summed E-state index contributed by atoms with van der Waals surface area (Å²) in [5.74, 6) is 1.35. The predicted molar refractivity (Wildman–Crippen MR) is 91.0 cm³/mol. The Morgan fingerprint density at radius 1 is 1.36 bits per heavy atom. The zero-order valence-corrected chi connectivity index (χ0v) is 13.7. The van der Waals surface area contributed by atoms with E-state index in [4.69, 9.17) is 4.74 Å². The van der Waals surface area contributed by atoms with Gasteiger partial charge in [-0.15, -0.1) is 0 Å². The molecular weight excluding hydrogens is 296 g/mol. The molecule has 4 nitrogen and oxygen atoms in total. The van der Waals surface area contributed by atoms with Crippen LogP contribution < -0.4 is 4.74 Å². The number of ether oxygens (including phenoxy) is 1. The molecule has 0 spiro atoms. The van der Waals surface area contributed by atoms with E-state index >= 15 is 0 Å². The van der Waals surface area contributed by atoms with Gasteiger partial charge in [0.05, 0.1) is 12.0 Å². The van der Waals surface area contributed by atoms with Crippen LogP contribution in [-0.4, -0.2) is 36.2 Å². The summed E-state index contributed by atoms with van der Waals surface area (Å²) in [5.41, 5.74) is 0.986. The molecule has 2 aliphatic heterocycles. The van der Waals surface area contributed by atoms with Gasteiger partial charge in [-0.2, -0.15) is 4.99 Å². The first kappa shape index (κ1) is 15.2. The van der Waals surface area contributed by atoms with Gasteiger partial charge in [-0.25, -0.2) is 0 Å². The molecule has 3 rings (SSSR count). The second-order valence-electron chi connectivity index (χ2n) is 5.78. The van der Waals surface area contributed by atoms with Crippen molar-refractivity contribution >= 4 is 28.9 Å². The zero-order valence-electron chi connectivity index (χ0n) is 12.9. The van der Waals surface area contributed by atoms with Crippen LogP contribution in [-0.2, 0) is 4.79 Å². The Morgan fingerprint density at radius 3 is 2.82 bits per heavy atom. The summed E-state index contributed by atoms with van der Waals surface area (Å²) < 4.78 is 5.14. The summed E-state index contributed by atoms with van der Waals surface area (Å²) in [5, 5.41) is 0.858. The molecule has 1 fully saturated rings. The summed E-state index contributed by atoms with van der Waals surface area (Å²) in [6.07, 6.45) is 4.33. The van der Waals surface area contributed by atoms with E-state index < -0.39 is 0 Å². The van der Waals surface area contributed by atoms with E-state index in [0.29, 0.717) is 10.8 Å². The number of hydrogen-bond donors (Lipinski definition) is 0. The standard InChI is InChI=1S/C17H20N2O2S/c1-12-4-3-9-19(11-12)17-18-16(20)15(22-17)10-13-5-7-14(21-2)8-6-13/h5-8,10,12H,3-4,9,11H2,1-2H3/b15-10-/t12-/m1/s1. The van der Waals surface area contributed by atoms with Gasteiger partial charge in [0.2, 0.25) is 0 Å². The van der Waals surface area contributed by atoms with Crippen molar-refractivity contribution in [3.63, 3.8) is 0 Å². The molecule has 0 unspecified atom stereocenters. The number of methoxy groups -OCH3 is 1. The first-order valence-corrected chi connectivity index (χ1v) is 8.39. The van der Waals surface area contributed by atoms with Crippen molar-refractivity contribution in [2.24, 2.45) is 10.9 Å². The average Bonchev–Trinajstić information content (AvgIpc) is 2.89. The molecule has 1 atom stereocenters. The summed E-state index contributed by atoms with van der Waals surface area (Å²) in [7, 11) is 1.64. The van der Waals surface area contributed by atoms with Crippen LogP contribution in [0, 0.1) is 5.92 Å². The van der Waals surface area contributed by atoms with Gasteiger partial charge >= 0.3 is 0 Å². The number of piperidine rings is 1. The lowest BCUT2D eigenvalue weighted by atomic mass is 10.0. The normalized spacial score (nSPS) is 23.8. The lowest BCUT2D eigenvalue weighted by Crippen LogP contribution is -2.37. The predicted octanol–water partition coefficient (Wildman–Crippen LogP) is 3.40. The first-order valence-electron chi connectivity index (χ1n) is 7.57. The number of amides is 1. The van der Waals surface area contributed by atoms with Crippen molar-refractivity contribution in [2.45, 2.75) is 19.8 Å². The second kappa shape index (κ2) is 6.57. The van der Waals surface area contributed by atoms with E-state index in [2.05, 4.69) is 16.8 Å². The Kier molecular flexibility index (Phi) is 4.52. The Hall–Kier alpha value is -1.75. The Balaban J connectivity index is 1.72. The summed E-state index contributed by atoms with van der Waals surface area (Å²) in [4.78, 5) is 19.3. The van der Waals surface area contributed by atoms with Crippen molar-refractivity contribution in [1.82, 2.24) is 4.90 Å². The van der Waals surface area contributed by atoms with E-state index in [1.54, 1.807) is 7.11 Å². The molecule has 5 heteroatoms. The first-order chi connectivity index (χ1) is 10.7. The fourth-order valence-electron chi connectivity index (χ4n) is 2.75. The number of hydrogen-bond acceptors (Lipinski definition) is 4. The third-order valence-electron chi connectivity index (χ3n) is 3.95. The lowest BCUT2D eigenvalue weighted by molar-refractivity contribution is -0.113. The average molecular weight is 316 g/mol. The van der Waals surface area contributed by atoms with E-state index in [0.717, 1.165) is 29.6 Å². The van der Waals surface area contributed by atoms with Crippen LogP contribution in [0.2, 0.25) is 0 Å². The Labute approximate surface area is 135 Å². The van der Waals surface area contributed by atoms with Crippen LogP contribution in [0.1, 0.15) is 25.3 Å². The van der Waals surface area contributed by atoms with Crippen LogP contribution >= 0.6 is 11.8 Å². The van der Waals surface area contributed by atoms with Crippen LogP contribution in [0.5, 0.6) is 5.75 Å². The smallest absolute Gasteiger partial charge is 0.286 e. The molecule has 2 heterocycles. The van der Waals surface area contributed by atoms with E-state index in [1.807, 2.05) is 30.3 Å². The molecule has 1 aromatic rings. The molecule has 2 aliphatic rings. The van der Waals surface area contributed by atoms with E-state index in [-0.39, 0.29) is 5.91 Å². The minimum atomic E-state index is -0.131. The third-order valence-corrected chi connectivity index (χ3v) is 4.99. The maximum absolute atomic E-state index is 12.1. The fraction of sp³-hybridized carbons (Fsp3) is 0.412. The van der Waals surface area contributed by atoms with Crippen molar-refractivity contribution in [3.05, 3.63) is 34.7 Å². The van der Waals surface area contributed by atoms with Crippen LogP contribution in [0.15, 0.2) is 34.2 Å². The minimum Gasteiger partial charge on any atom is -0.497 e. The van der Waals surface area contributed by atoms with Gasteiger partial charge in [0.25, 0.3) is 5.91 Å². The van der Waals surface area contributed by atoms with Crippen molar-refractivity contribution in [1.29, 1.82) is 0 Å². The number of nitrogens with zero attached hydrogens (tertiary/aromatic N) is 2. The highest BCUT2D eigenvalue weighted by atomic mass is 32.2. The molecule has 0 aliphatic carbocycles. The van der Waals surface area contributed by atoms with Gasteiger partial charge in [0.15, 0.2) is 5.17 Å². The highest BCUT2D eigenvalue weighted by Crippen LogP contribution is 2.32. The van der Waals surface area contributed by atoms with Gasteiger partial charge in [-0.3, -0.25) is 4.79 Å². The second-order valence-corrected chi connectivity index (χ2v) is 6.79. The van der Waals surface area contributed by atoms with Crippen LogP contribution in [0.3, 0.4) is 0 Å². The van der Waals surface area contributed by atoms with Gasteiger partial charge in [0.1, 0.15) is 5.75 Å². The summed E-state index contributed by atoms with van der Waals surface area (Å²) in [6, 6.07) is 7.68. The van der Waals surface area contributed by atoms with Crippen molar-refractivity contribution < 1.29 is 9.53 Å². The van der Waals surface area contributed by atoms with Crippen LogP contribution in [0.4, 0.5) is 0 Å². The van der Waals surface area contributed by atoms with E-state index in [1.165, 1.54) is 24.6 Å². The number of carbonyl (C=O) groups excluding carboxylic acids is 1. The van der Waals surface area contributed by atoms with Gasteiger partial charge in [0, 0.05) is 13.1 Å².